The fourth-order valence-corrected chi connectivity index (χ4v) is 2.96. The molecule has 3 rings (SSSR count). The Hall–Kier alpha value is -2.97. The molecule has 126 valence electrons. The number of likely N-dealkylation sites (tertiary alicyclic amines) is 1. The number of carbonyl (C=O) groups excluding carboxylic acids is 2. The number of carbonyl (C=O) groups is 2. The van der Waals surface area contributed by atoms with E-state index < -0.39 is 11.9 Å². The van der Waals surface area contributed by atoms with Crippen molar-refractivity contribution in [3.05, 3.63) is 46.2 Å². The largest absolute Gasteiger partial charge is 0.364 e. The van der Waals surface area contributed by atoms with Crippen molar-refractivity contribution in [3.8, 4) is 0 Å². The highest BCUT2D eigenvalue weighted by Gasteiger charge is 2.35. The second-order valence-corrected chi connectivity index (χ2v) is 5.78. The molecule has 9 nitrogen and oxygen atoms in total. The Morgan fingerprint density at radius 1 is 1.33 bits per heavy atom. The highest BCUT2D eigenvalue weighted by Crippen LogP contribution is 2.31. The van der Waals surface area contributed by atoms with Crippen LogP contribution in [0.5, 0.6) is 0 Å². The smallest absolute Gasteiger partial charge is 0.290 e. The van der Waals surface area contributed by atoms with Crippen molar-refractivity contribution in [2.24, 2.45) is 19.8 Å². The molecular formula is C15H18N6O3. The van der Waals surface area contributed by atoms with Gasteiger partial charge in [0.15, 0.2) is 5.82 Å². The van der Waals surface area contributed by atoms with Gasteiger partial charge in [-0.25, -0.2) is 9.97 Å². The van der Waals surface area contributed by atoms with E-state index in [-0.39, 0.29) is 17.2 Å². The monoisotopic (exact) mass is 330 g/mol. The van der Waals surface area contributed by atoms with Gasteiger partial charge in [-0.3, -0.25) is 19.0 Å². The molecule has 0 radical (unpaired) electrons. The fourth-order valence-electron chi connectivity index (χ4n) is 2.96. The predicted octanol–water partition coefficient (Wildman–Crippen LogP) is -0.410. The quantitative estimate of drug-likeness (QED) is 0.821. The van der Waals surface area contributed by atoms with E-state index in [0.29, 0.717) is 24.6 Å². The summed E-state index contributed by atoms with van der Waals surface area (Å²) in [7, 11) is 3.31. The molecule has 2 aromatic rings. The van der Waals surface area contributed by atoms with Gasteiger partial charge in [-0.1, -0.05) is 0 Å². The van der Waals surface area contributed by atoms with Crippen molar-refractivity contribution in [2.45, 2.75) is 18.9 Å². The maximum absolute atomic E-state index is 12.8. The molecule has 1 aliphatic rings. The van der Waals surface area contributed by atoms with Gasteiger partial charge in [0, 0.05) is 39.1 Å². The Morgan fingerprint density at radius 2 is 2.08 bits per heavy atom. The lowest BCUT2D eigenvalue weighted by molar-refractivity contribution is 0.0711. The SMILES string of the molecule is Cn1ccnc1C(=O)N1CCCC1c1nc(C(N)=O)cc(=O)n1C. The standard InChI is InChI=1S/C15H18N6O3/c1-19-7-5-17-14(19)15(24)21-6-3-4-10(21)13-18-9(12(16)23)8-11(22)20(13)2/h5,7-8,10H,3-4,6H2,1-2H3,(H2,16,23). The molecule has 1 atom stereocenters. The zero-order valence-corrected chi connectivity index (χ0v) is 13.5. The minimum absolute atomic E-state index is 0.0932. The Morgan fingerprint density at radius 3 is 2.71 bits per heavy atom. The Bertz CT molecular complexity index is 868. The summed E-state index contributed by atoms with van der Waals surface area (Å²) in [5, 5.41) is 0. The van der Waals surface area contributed by atoms with Crippen LogP contribution in [0, 0.1) is 0 Å². The maximum atomic E-state index is 12.8. The molecule has 2 amide bonds. The number of hydrogen-bond acceptors (Lipinski definition) is 5. The third kappa shape index (κ3) is 2.57. The van der Waals surface area contributed by atoms with Crippen LogP contribution in [0.15, 0.2) is 23.3 Å². The molecule has 0 spiro atoms. The van der Waals surface area contributed by atoms with E-state index in [0.717, 1.165) is 12.5 Å². The zero-order chi connectivity index (χ0) is 17.4. The van der Waals surface area contributed by atoms with Crippen LogP contribution in [0.25, 0.3) is 0 Å². The normalized spacial score (nSPS) is 17.2. The average molecular weight is 330 g/mol. The topological polar surface area (TPSA) is 116 Å². The van der Waals surface area contributed by atoms with Crippen LogP contribution < -0.4 is 11.3 Å². The first-order valence-electron chi connectivity index (χ1n) is 7.56. The van der Waals surface area contributed by atoms with Gasteiger partial charge in [-0.05, 0) is 12.8 Å². The number of aromatic nitrogens is 4. The summed E-state index contributed by atoms with van der Waals surface area (Å²) >= 11 is 0. The summed E-state index contributed by atoms with van der Waals surface area (Å²) in [6.45, 7) is 0.535. The fraction of sp³-hybridized carbons (Fsp3) is 0.400. The lowest BCUT2D eigenvalue weighted by Crippen LogP contribution is -2.36. The summed E-state index contributed by atoms with van der Waals surface area (Å²) in [6, 6.07) is 0.706. The minimum atomic E-state index is -0.770. The molecule has 1 unspecified atom stereocenters. The van der Waals surface area contributed by atoms with E-state index in [4.69, 9.17) is 5.73 Å². The molecule has 2 aromatic heterocycles. The number of imidazole rings is 1. The van der Waals surface area contributed by atoms with Crippen molar-refractivity contribution in [2.75, 3.05) is 6.54 Å². The molecule has 2 N–H and O–H groups in total. The molecule has 0 aromatic carbocycles. The third-order valence-corrected chi connectivity index (χ3v) is 4.25. The zero-order valence-electron chi connectivity index (χ0n) is 13.5. The van der Waals surface area contributed by atoms with E-state index in [1.54, 1.807) is 36.0 Å². The van der Waals surface area contributed by atoms with Gasteiger partial charge < -0.3 is 15.2 Å². The van der Waals surface area contributed by atoms with Gasteiger partial charge in [0.1, 0.15) is 11.5 Å². The van der Waals surface area contributed by atoms with Gasteiger partial charge in [0.25, 0.3) is 17.4 Å². The van der Waals surface area contributed by atoms with Gasteiger partial charge in [-0.15, -0.1) is 0 Å². The molecule has 9 heteroatoms. The Balaban J connectivity index is 2.02. The van der Waals surface area contributed by atoms with Crippen molar-refractivity contribution in [1.29, 1.82) is 0 Å². The van der Waals surface area contributed by atoms with E-state index in [2.05, 4.69) is 9.97 Å². The summed E-state index contributed by atoms with van der Waals surface area (Å²) < 4.78 is 2.99. The summed E-state index contributed by atoms with van der Waals surface area (Å²) in [6.07, 6.45) is 4.68. The molecule has 0 aliphatic carbocycles. The predicted molar refractivity (Wildman–Crippen MR) is 84.2 cm³/mol. The molecule has 0 bridgehead atoms. The van der Waals surface area contributed by atoms with Gasteiger partial charge in [-0.2, -0.15) is 0 Å². The molecule has 24 heavy (non-hydrogen) atoms. The highest BCUT2D eigenvalue weighted by molar-refractivity contribution is 5.91. The average Bonchev–Trinajstić information content (AvgIpc) is 3.17. The molecular weight excluding hydrogens is 312 g/mol. The van der Waals surface area contributed by atoms with Crippen molar-refractivity contribution in [3.63, 3.8) is 0 Å². The summed E-state index contributed by atoms with van der Waals surface area (Å²) in [4.78, 5) is 46.2. The number of aryl methyl sites for hydroxylation is 1. The second-order valence-electron chi connectivity index (χ2n) is 5.78. The molecule has 1 aliphatic heterocycles. The number of nitrogens with two attached hydrogens (primary N) is 1. The van der Waals surface area contributed by atoms with Crippen LogP contribution in [0.4, 0.5) is 0 Å². The molecule has 1 saturated heterocycles. The second kappa shape index (κ2) is 5.91. The first kappa shape index (κ1) is 15.9. The van der Waals surface area contributed by atoms with Gasteiger partial charge >= 0.3 is 0 Å². The van der Waals surface area contributed by atoms with E-state index in [1.165, 1.54) is 4.57 Å². The maximum Gasteiger partial charge on any atom is 0.290 e. The molecule has 1 fully saturated rings. The van der Waals surface area contributed by atoms with Crippen LogP contribution in [-0.4, -0.2) is 42.4 Å². The first-order valence-corrected chi connectivity index (χ1v) is 7.56. The van der Waals surface area contributed by atoms with Crippen LogP contribution >= 0.6 is 0 Å². The summed E-state index contributed by atoms with van der Waals surface area (Å²) in [5.74, 6) is -0.327. The lowest BCUT2D eigenvalue weighted by atomic mass is 10.2. The Kier molecular flexibility index (Phi) is 3.92. The molecule has 0 saturated carbocycles. The van der Waals surface area contributed by atoms with Crippen LogP contribution in [0.3, 0.4) is 0 Å². The van der Waals surface area contributed by atoms with Gasteiger partial charge in [0.2, 0.25) is 0 Å². The van der Waals surface area contributed by atoms with E-state index in [9.17, 15) is 14.4 Å². The van der Waals surface area contributed by atoms with Crippen molar-refractivity contribution in [1.82, 2.24) is 24.0 Å². The number of hydrogen-bond donors (Lipinski definition) is 1. The van der Waals surface area contributed by atoms with E-state index >= 15 is 0 Å². The van der Waals surface area contributed by atoms with Crippen LogP contribution in [-0.2, 0) is 14.1 Å². The van der Waals surface area contributed by atoms with Crippen LogP contribution in [0.2, 0.25) is 0 Å². The third-order valence-electron chi connectivity index (χ3n) is 4.25. The molecule has 3 heterocycles. The number of rotatable bonds is 3. The van der Waals surface area contributed by atoms with E-state index in [1.807, 2.05) is 0 Å². The summed E-state index contributed by atoms with van der Waals surface area (Å²) in [5.41, 5.74) is 4.77. The van der Waals surface area contributed by atoms with Gasteiger partial charge in [0.05, 0.1) is 6.04 Å². The number of amides is 2. The van der Waals surface area contributed by atoms with Crippen molar-refractivity contribution < 1.29 is 9.59 Å². The highest BCUT2D eigenvalue weighted by atomic mass is 16.2. The minimum Gasteiger partial charge on any atom is -0.364 e. The number of nitrogens with zero attached hydrogens (tertiary/aromatic N) is 5. The first-order chi connectivity index (χ1) is 11.4. The lowest BCUT2D eigenvalue weighted by Gasteiger charge is -2.25. The number of primary amides is 1. The van der Waals surface area contributed by atoms with Crippen molar-refractivity contribution >= 4 is 11.8 Å². The Labute approximate surface area is 137 Å². The van der Waals surface area contributed by atoms with Crippen LogP contribution in [0.1, 0.15) is 45.8 Å².